The van der Waals surface area contributed by atoms with Gasteiger partial charge in [-0.1, -0.05) is 66.7 Å². The molecule has 0 unspecified atom stereocenters. The number of amides is 1. The molecule has 1 N–H and O–H groups in total. The van der Waals surface area contributed by atoms with Gasteiger partial charge in [0.15, 0.2) is 0 Å². The molecule has 3 aromatic carbocycles. The van der Waals surface area contributed by atoms with E-state index in [0.29, 0.717) is 17.6 Å². The van der Waals surface area contributed by atoms with Crippen molar-refractivity contribution in [2.45, 2.75) is 43.8 Å². The fraction of sp³-hybridized carbons (Fsp3) is 0.240. The van der Waals surface area contributed by atoms with Crippen LogP contribution in [0.1, 0.15) is 25.0 Å². The van der Waals surface area contributed by atoms with Gasteiger partial charge in [-0.15, -0.1) is 0 Å². The summed E-state index contributed by atoms with van der Waals surface area (Å²) >= 11 is 0.954. The van der Waals surface area contributed by atoms with Crippen molar-refractivity contribution < 1.29 is 13.2 Å². The number of benzene rings is 3. The number of carbonyl (C=O) groups excluding carboxylic acids is 1. The summed E-state index contributed by atoms with van der Waals surface area (Å²) in [5, 5.41) is 0. The summed E-state index contributed by atoms with van der Waals surface area (Å²) in [5.74, 6) is -0.283. The van der Waals surface area contributed by atoms with Gasteiger partial charge in [-0.2, -0.15) is 13.5 Å². The van der Waals surface area contributed by atoms with Crippen LogP contribution in [-0.4, -0.2) is 40.1 Å². The molecule has 0 bridgehead atoms. The van der Waals surface area contributed by atoms with E-state index in [1.165, 1.54) is 6.07 Å². The number of carbonyl (C=O) groups is 1. The van der Waals surface area contributed by atoms with Crippen molar-refractivity contribution in [2.24, 2.45) is 0 Å². The Bertz CT molecular complexity index is 1360. The molecule has 0 spiro atoms. The van der Waals surface area contributed by atoms with Crippen LogP contribution in [0.4, 0.5) is 0 Å². The highest BCUT2D eigenvalue weighted by Gasteiger charge is 2.32. The molecule has 4 aromatic rings. The molecule has 0 saturated heterocycles. The van der Waals surface area contributed by atoms with E-state index in [1.54, 1.807) is 17.0 Å². The second-order valence-electron chi connectivity index (χ2n) is 8.30. The molecule has 1 aromatic heterocycles. The molecule has 4 rings (SSSR count). The predicted octanol–water partition coefficient (Wildman–Crippen LogP) is 4.02. The van der Waals surface area contributed by atoms with Crippen LogP contribution in [0.2, 0.25) is 0 Å². The maximum atomic E-state index is 13.8. The van der Waals surface area contributed by atoms with Crippen LogP contribution in [0.3, 0.4) is 0 Å². The Hall–Kier alpha value is -3.14. The van der Waals surface area contributed by atoms with E-state index in [-0.39, 0.29) is 23.3 Å². The van der Waals surface area contributed by atoms with E-state index in [2.05, 4.69) is 13.5 Å². The minimum absolute atomic E-state index is 0.0174. The maximum absolute atomic E-state index is 13.8. The van der Waals surface area contributed by atoms with Gasteiger partial charge < -0.3 is 4.90 Å². The van der Waals surface area contributed by atoms with Crippen molar-refractivity contribution in [1.82, 2.24) is 18.4 Å². The molecule has 34 heavy (non-hydrogen) atoms. The molecule has 1 amide bonds. The largest absolute Gasteiger partial charge is 0.335 e. The molecule has 0 aliphatic carbocycles. The van der Waals surface area contributed by atoms with Crippen LogP contribution in [0.25, 0.3) is 11.0 Å². The normalized spacial score (nSPS) is 12.7. The lowest BCUT2D eigenvalue weighted by Crippen LogP contribution is -2.51. The quantitative estimate of drug-likeness (QED) is 0.379. The summed E-state index contributed by atoms with van der Waals surface area (Å²) in [4.78, 5) is 15.5. The van der Waals surface area contributed by atoms with Gasteiger partial charge in [0.1, 0.15) is 22.0 Å². The standard InChI is InChI=1S/C25H26N4O3S2/c1-18(2)29(17-20-12-7-4-8-13-20)25(30)22(16-19-10-5-3-6-11-19)28-34(31,32)23-15-9-14-21-24(23)27-33-26-21/h3-15,18,22,28H,16-17H2,1-2H3/t22-/m0/s1. The van der Waals surface area contributed by atoms with Crippen LogP contribution in [0.5, 0.6) is 0 Å². The third-order valence-corrected chi connectivity index (χ3v) is 7.56. The third-order valence-electron chi connectivity index (χ3n) is 5.52. The van der Waals surface area contributed by atoms with E-state index in [9.17, 15) is 13.2 Å². The van der Waals surface area contributed by atoms with Gasteiger partial charge in [0.05, 0.1) is 11.7 Å². The lowest BCUT2D eigenvalue weighted by molar-refractivity contribution is -0.135. The number of hydrogen-bond acceptors (Lipinski definition) is 6. The molecule has 0 saturated carbocycles. The zero-order valence-electron chi connectivity index (χ0n) is 19.0. The first-order chi connectivity index (χ1) is 16.3. The minimum atomic E-state index is -4.05. The van der Waals surface area contributed by atoms with E-state index >= 15 is 0 Å². The molecule has 1 heterocycles. The van der Waals surface area contributed by atoms with Gasteiger partial charge in [0.25, 0.3) is 0 Å². The average Bonchev–Trinajstić information content (AvgIpc) is 3.32. The molecule has 0 aliphatic heterocycles. The number of sulfonamides is 1. The van der Waals surface area contributed by atoms with Crippen LogP contribution in [-0.2, 0) is 27.8 Å². The summed E-state index contributed by atoms with van der Waals surface area (Å²) in [6.45, 7) is 4.24. The van der Waals surface area contributed by atoms with Gasteiger partial charge in [-0.3, -0.25) is 4.79 Å². The highest BCUT2D eigenvalue weighted by molar-refractivity contribution is 7.89. The number of fused-ring (bicyclic) bond motifs is 1. The fourth-order valence-electron chi connectivity index (χ4n) is 3.77. The Morgan fingerprint density at radius 1 is 0.912 bits per heavy atom. The van der Waals surface area contributed by atoms with Gasteiger partial charge in [-0.25, -0.2) is 8.42 Å². The van der Waals surface area contributed by atoms with Crippen molar-refractivity contribution in [3.8, 4) is 0 Å². The number of nitrogens with zero attached hydrogens (tertiary/aromatic N) is 3. The number of hydrogen-bond donors (Lipinski definition) is 1. The molecule has 1 atom stereocenters. The van der Waals surface area contributed by atoms with E-state index < -0.39 is 16.1 Å². The summed E-state index contributed by atoms with van der Waals surface area (Å²) in [5.41, 5.74) is 2.65. The minimum Gasteiger partial charge on any atom is -0.335 e. The van der Waals surface area contributed by atoms with Crippen molar-refractivity contribution in [1.29, 1.82) is 0 Å². The third kappa shape index (κ3) is 5.49. The number of nitrogens with one attached hydrogen (secondary N) is 1. The van der Waals surface area contributed by atoms with E-state index in [1.807, 2.05) is 74.5 Å². The topological polar surface area (TPSA) is 92.3 Å². The van der Waals surface area contributed by atoms with Crippen LogP contribution < -0.4 is 4.72 Å². The Morgan fingerprint density at radius 2 is 1.56 bits per heavy atom. The predicted molar refractivity (Wildman–Crippen MR) is 134 cm³/mol. The first-order valence-electron chi connectivity index (χ1n) is 11.0. The Kier molecular flexibility index (Phi) is 7.35. The summed E-state index contributed by atoms with van der Waals surface area (Å²) in [6.07, 6.45) is 0.224. The second kappa shape index (κ2) is 10.4. The lowest BCUT2D eigenvalue weighted by atomic mass is 10.0. The Balaban J connectivity index is 1.68. The summed E-state index contributed by atoms with van der Waals surface area (Å²) in [6, 6.07) is 22.8. The summed E-state index contributed by atoms with van der Waals surface area (Å²) in [7, 11) is -4.05. The van der Waals surface area contributed by atoms with Crippen molar-refractivity contribution in [2.75, 3.05) is 0 Å². The molecular formula is C25H26N4O3S2. The monoisotopic (exact) mass is 494 g/mol. The first-order valence-corrected chi connectivity index (χ1v) is 13.2. The summed E-state index contributed by atoms with van der Waals surface area (Å²) < 4.78 is 37.9. The molecule has 176 valence electrons. The van der Waals surface area contributed by atoms with Crippen LogP contribution >= 0.6 is 11.7 Å². The van der Waals surface area contributed by atoms with E-state index in [4.69, 9.17) is 0 Å². The molecule has 0 radical (unpaired) electrons. The van der Waals surface area contributed by atoms with Crippen molar-refractivity contribution >= 4 is 38.7 Å². The number of rotatable bonds is 9. The highest BCUT2D eigenvalue weighted by atomic mass is 32.2. The fourth-order valence-corrected chi connectivity index (χ4v) is 5.73. The molecular weight excluding hydrogens is 468 g/mol. The smallest absolute Gasteiger partial charge is 0.243 e. The van der Waals surface area contributed by atoms with Gasteiger partial charge >= 0.3 is 0 Å². The maximum Gasteiger partial charge on any atom is 0.243 e. The van der Waals surface area contributed by atoms with Gasteiger partial charge in [0.2, 0.25) is 15.9 Å². The molecule has 0 fully saturated rings. The van der Waals surface area contributed by atoms with E-state index in [0.717, 1.165) is 22.9 Å². The van der Waals surface area contributed by atoms with Crippen molar-refractivity contribution in [3.63, 3.8) is 0 Å². The average molecular weight is 495 g/mol. The van der Waals surface area contributed by atoms with Crippen LogP contribution in [0.15, 0.2) is 83.8 Å². The molecule has 7 nitrogen and oxygen atoms in total. The molecule has 0 aliphatic rings. The van der Waals surface area contributed by atoms with Gasteiger partial charge in [-0.05, 0) is 43.5 Å². The highest BCUT2D eigenvalue weighted by Crippen LogP contribution is 2.22. The molecule has 9 heteroatoms. The van der Waals surface area contributed by atoms with Crippen molar-refractivity contribution in [3.05, 3.63) is 90.0 Å². The Labute approximate surface area is 203 Å². The lowest BCUT2D eigenvalue weighted by Gasteiger charge is -2.31. The van der Waals surface area contributed by atoms with Gasteiger partial charge in [0, 0.05) is 12.6 Å². The zero-order valence-corrected chi connectivity index (χ0v) is 20.6. The SMILES string of the molecule is CC(C)N(Cc1ccccc1)C(=O)[C@H](Cc1ccccc1)NS(=O)(=O)c1cccc2nsnc12. The van der Waals surface area contributed by atoms with Crippen LogP contribution in [0, 0.1) is 0 Å². The number of aromatic nitrogens is 2. The second-order valence-corrected chi connectivity index (χ2v) is 10.5. The Morgan fingerprint density at radius 3 is 2.21 bits per heavy atom. The first kappa shape index (κ1) is 24.0. The zero-order chi connectivity index (χ0) is 24.1.